The van der Waals surface area contributed by atoms with E-state index in [-0.39, 0.29) is 17.1 Å². The predicted molar refractivity (Wildman–Crippen MR) is 85.5 cm³/mol. The van der Waals surface area contributed by atoms with Crippen LogP contribution in [0.25, 0.3) is 5.57 Å². The van der Waals surface area contributed by atoms with Crippen molar-refractivity contribution in [2.24, 2.45) is 10.7 Å². The van der Waals surface area contributed by atoms with E-state index in [0.717, 1.165) is 6.20 Å². The number of amidine groups is 1. The average Bonchev–Trinajstić information content (AvgIpc) is 2.55. The number of halogens is 3. The van der Waals surface area contributed by atoms with E-state index in [1.165, 1.54) is 19.2 Å². The van der Waals surface area contributed by atoms with Crippen molar-refractivity contribution in [2.75, 3.05) is 31.2 Å². The third kappa shape index (κ3) is 4.54. The number of allylic oxidation sites excluding steroid dienone is 2. The molecule has 0 radical (unpaired) electrons. The fourth-order valence-electron chi connectivity index (χ4n) is 2.03. The SMILES string of the molecule is C=C(/C(=C\N=C(C)N)c1ccnc(N2CCOCC2)n1)C(F)(F)F. The van der Waals surface area contributed by atoms with Gasteiger partial charge >= 0.3 is 6.18 Å². The largest absolute Gasteiger partial charge is 0.416 e. The summed E-state index contributed by atoms with van der Waals surface area (Å²) in [4.78, 5) is 14.0. The van der Waals surface area contributed by atoms with Crippen LogP contribution in [0.1, 0.15) is 12.6 Å². The van der Waals surface area contributed by atoms with E-state index >= 15 is 0 Å². The zero-order valence-corrected chi connectivity index (χ0v) is 13.2. The molecule has 9 heteroatoms. The highest BCUT2D eigenvalue weighted by Gasteiger charge is 2.35. The Bertz CT molecular complexity index is 659. The van der Waals surface area contributed by atoms with Crippen LogP contribution in [0.15, 0.2) is 35.6 Å². The highest BCUT2D eigenvalue weighted by molar-refractivity contribution is 5.82. The number of alkyl halides is 3. The topological polar surface area (TPSA) is 76.6 Å². The van der Waals surface area contributed by atoms with Gasteiger partial charge in [0.15, 0.2) is 0 Å². The molecular weight excluding hydrogens is 323 g/mol. The fraction of sp³-hybridized carbons (Fsp3) is 0.400. The molecule has 24 heavy (non-hydrogen) atoms. The van der Waals surface area contributed by atoms with Crippen LogP contribution in [0.3, 0.4) is 0 Å². The van der Waals surface area contributed by atoms with Crippen molar-refractivity contribution in [3.05, 3.63) is 36.3 Å². The maximum absolute atomic E-state index is 13.1. The molecule has 0 atom stereocenters. The standard InChI is InChI=1S/C15H18F3N5O/c1-10(15(16,17)18)12(9-21-11(2)19)13-3-4-20-14(22-13)23-5-7-24-8-6-23/h3-4,9H,1,5-8H2,2H3,(H2,19,21)/b12-9+. The van der Waals surface area contributed by atoms with Gasteiger partial charge in [0.05, 0.1) is 30.3 Å². The van der Waals surface area contributed by atoms with Gasteiger partial charge in [0.2, 0.25) is 5.95 Å². The molecule has 0 aromatic carbocycles. The van der Waals surface area contributed by atoms with Gasteiger partial charge in [-0.25, -0.2) is 15.0 Å². The number of aliphatic imine (C=N–C) groups is 1. The zero-order valence-electron chi connectivity index (χ0n) is 13.2. The van der Waals surface area contributed by atoms with Crippen LogP contribution in [0.2, 0.25) is 0 Å². The van der Waals surface area contributed by atoms with E-state index in [9.17, 15) is 13.2 Å². The van der Waals surface area contributed by atoms with Crippen molar-refractivity contribution in [1.29, 1.82) is 0 Å². The second-order valence-corrected chi connectivity index (χ2v) is 5.13. The summed E-state index contributed by atoms with van der Waals surface area (Å²) in [5.74, 6) is 0.468. The Morgan fingerprint density at radius 3 is 2.67 bits per heavy atom. The molecule has 1 aromatic rings. The molecule has 0 spiro atoms. The first-order chi connectivity index (χ1) is 11.3. The number of aromatic nitrogens is 2. The first-order valence-corrected chi connectivity index (χ1v) is 7.21. The fourth-order valence-corrected chi connectivity index (χ4v) is 2.03. The molecule has 1 saturated heterocycles. The van der Waals surface area contributed by atoms with Crippen LogP contribution in [-0.2, 0) is 4.74 Å². The van der Waals surface area contributed by atoms with E-state index in [2.05, 4.69) is 21.5 Å². The molecule has 1 aliphatic heterocycles. The van der Waals surface area contributed by atoms with Crippen molar-refractivity contribution in [2.45, 2.75) is 13.1 Å². The number of ether oxygens (including phenoxy) is 1. The van der Waals surface area contributed by atoms with Crippen LogP contribution in [-0.4, -0.2) is 48.3 Å². The lowest BCUT2D eigenvalue weighted by Crippen LogP contribution is -2.37. The van der Waals surface area contributed by atoms with Gasteiger partial charge in [-0.3, -0.25) is 0 Å². The Morgan fingerprint density at radius 2 is 2.08 bits per heavy atom. The molecule has 2 heterocycles. The minimum Gasteiger partial charge on any atom is -0.387 e. The summed E-state index contributed by atoms with van der Waals surface area (Å²) in [7, 11) is 0. The number of hydrogen-bond acceptors (Lipinski definition) is 5. The van der Waals surface area contributed by atoms with E-state index in [0.29, 0.717) is 32.3 Å². The van der Waals surface area contributed by atoms with E-state index < -0.39 is 11.7 Å². The van der Waals surface area contributed by atoms with Crippen LogP contribution in [0.4, 0.5) is 19.1 Å². The highest BCUT2D eigenvalue weighted by Crippen LogP contribution is 2.34. The first-order valence-electron chi connectivity index (χ1n) is 7.21. The summed E-state index contributed by atoms with van der Waals surface area (Å²) >= 11 is 0. The molecule has 0 bridgehead atoms. The van der Waals surface area contributed by atoms with Gasteiger partial charge in [-0.2, -0.15) is 13.2 Å². The van der Waals surface area contributed by atoms with Crippen molar-refractivity contribution in [1.82, 2.24) is 9.97 Å². The molecule has 2 N–H and O–H groups in total. The van der Waals surface area contributed by atoms with Crippen LogP contribution in [0.5, 0.6) is 0 Å². The Kier molecular flexibility index (Phi) is 5.55. The van der Waals surface area contributed by atoms with E-state index in [1.807, 2.05) is 4.90 Å². The maximum atomic E-state index is 13.1. The van der Waals surface area contributed by atoms with Gasteiger partial charge in [-0.15, -0.1) is 0 Å². The second kappa shape index (κ2) is 7.43. The summed E-state index contributed by atoms with van der Waals surface area (Å²) < 4.78 is 44.5. The quantitative estimate of drug-likeness (QED) is 0.516. The van der Waals surface area contributed by atoms with Crippen molar-refractivity contribution in [3.63, 3.8) is 0 Å². The molecule has 2 rings (SSSR count). The Labute approximate surface area is 137 Å². The Balaban J connectivity index is 2.41. The predicted octanol–water partition coefficient (Wildman–Crippen LogP) is 2.15. The third-order valence-corrected chi connectivity index (χ3v) is 3.28. The van der Waals surface area contributed by atoms with Gasteiger partial charge in [-0.05, 0) is 13.0 Å². The summed E-state index contributed by atoms with van der Waals surface area (Å²) in [6.07, 6.45) is -2.17. The number of hydrogen-bond donors (Lipinski definition) is 1. The molecule has 0 unspecified atom stereocenters. The molecule has 0 amide bonds. The molecular formula is C15H18F3N5O. The lowest BCUT2D eigenvalue weighted by molar-refractivity contribution is -0.0867. The molecule has 0 saturated carbocycles. The summed E-state index contributed by atoms with van der Waals surface area (Å²) in [6, 6.07) is 1.38. The Hall–Kier alpha value is -2.42. The lowest BCUT2D eigenvalue weighted by atomic mass is 10.1. The van der Waals surface area contributed by atoms with Gasteiger partial charge in [-0.1, -0.05) is 6.58 Å². The van der Waals surface area contributed by atoms with Gasteiger partial charge < -0.3 is 15.4 Å². The van der Waals surface area contributed by atoms with Crippen molar-refractivity contribution < 1.29 is 17.9 Å². The van der Waals surface area contributed by atoms with Gasteiger partial charge in [0, 0.05) is 31.1 Å². The lowest BCUT2D eigenvalue weighted by Gasteiger charge is -2.27. The number of nitrogens with two attached hydrogens (primary N) is 1. The van der Waals surface area contributed by atoms with Gasteiger partial charge in [0.25, 0.3) is 0 Å². The van der Waals surface area contributed by atoms with Crippen LogP contribution in [0, 0.1) is 0 Å². The van der Waals surface area contributed by atoms with E-state index in [4.69, 9.17) is 10.5 Å². The van der Waals surface area contributed by atoms with Crippen molar-refractivity contribution >= 4 is 17.4 Å². The average molecular weight is 341 g/mol. The molecule has 1 fully saturated rings. The monoisotopic (exact) mass is 341 g/mol. The molecule has 1 aliphatic rings. The third-order valence-electron chi connectivity index (χ3n) is 3.28. The number of nitrogens with zero attached hydrogens (tertiary/aromatic N) is 4. The maximum Gasteiger partial charge on any atom is 0.416 e. The molecule has 1 aromatic heterocycles. The van der Waals surface area contributed by atoms with Crippen LogP contribution < -0.4 is 10.6 Å². The molecule has 6 nitrogen and oxygen atoms in total. The summed E-state index contributed by atoms with van der Waals surface area (Å²) in [6.45, 7) is 6.78. The first kappa shape index (κ1) is 17.9. The molecule has 130 valence electrons. The zero-order chi connectivity index (χ0) is 17.7. The minimum atomic E-state index is -4.60. The smallest absolute Gasteiger partial charge is 0.387 e. The summed E-state index contributed by atoms with van der Waals surface area (Å²) in [5, 5.41) is 0. The Morgan fingerprint density at radius 1 is 1.42 bits per heavy atom. The number of anilines is 1. The van der Waals surface area contributed by atoms with E-state index in [1.54, 1.807) is 0 Å². The second-order valence-electron chi connectivity index (χ2n) is 5.13. The minimum absolute atomic E-state index is 0.0822. The van der Waals surface area contributed by atoms with Crippen molar-refractivity contribution in [3.8, 4) is 0 Å². The number of rotatable bonds is 4. The summed E-state index contributed by atoms with van der Waals surface area (Å²) in [5.41, 5.74) is 4.21. The highest BCUT2D eigenvalue weighted by atomic mass is 19.4. The number of morpholine rings is 1. The molecule has 0 aliphatic carbocycles. The van der Waals surface area contributed by atoms with Gasteiger partial charge in [0.1, 0.15) is 0 Å². The van der Waals surface area contributed by atoms with Crippen LogP contribution >= 0.6 is 0 Å². The normalized spacial score (nSPS) is 17.1.